The van der Waals surface area contributed by atoms with E-state index in [0.29, 0.717) is 11.5 Å². The molecule has 1 amide bonds. The molecule has 0 spiro atoms. The largest absolute Gasteiger partial charge is 0.381 e. The van der Waals surface area contributed by atoms with Gasteiger partial charge in [-0.25, -0.2) is 9.50 Å². The summed E-state index contributed by atoms with van der Waals surface area (Å²) in [7, 11) is 3.51. The molecule has 1 N–H and O–H groups in total. The second-order valence-corrected chi connectivity index (χ2v) is 7.92. The van der Waals surface area contributed by atoms with Crippen LogP contribution in [0.3, 0.4) is 0 Å². The lowest BCUT2D eigenvalue weighted by Gasteiger charge is -2.21. The van der Waals surface area contributed by atoms with Crippen LogP contribution in [0, 0.1) is 5.92 Å². The Morgan fingerprint density at radius 3 is 2.96 bits per heavy atom. The van der Waals surface area contributed by atoms with Crippen LogP contribution in [-0.4, -0.2) is 59.3 Å². The number of anilines is 1. The van der Waals surface area contributed by atoms with Gasteiger partial charge in [0.2, 0.25) is 10.1 Å². The summed E-state index contributed by atoms with van der Waals surface area (Å²) in [6, 6.07) is 7.58. The fraction of sp³-hybridized carbons (Fsp3) is 0.421. The Labute approximate surface area is 162 Å². The van der Waals surface area contributed by atoms with E-state index in [1.54, 1.807) is 25.2 Å². The average molecular weight is 385 g/mol. The van der Waals surface area contributed by atoms with Crippen molar-refractivity contribution in [1.29, 1.82) is 0 Å². The Balaban J connectivity index is 1.55. The van der Waals surface area contributed by atoms with Crippen molar-refractivity contribution in [1.82, 2.24) is 19.5 Å². The zero-order valence-corrected chi connectivity index (χ0v) is 16.3. The Kier molecular flexibility index (Phi) is 5.09. The van der Waals surface area contributed by atoms with Crippen LogP contribution in [0.25, 0.3) is 16.2 Å². The molecule has 1 aliphatic rings. The first-order valence-electron chi connectivity index (χ1n) is 9.10. The number of amides is 1. The van der Waals surface area contributed by atoms with E-state index >= 15 is 0 Å². The maximum atomic E-state index is 12.2. The molecule has 3 heterocycles. The third-order valence-corrected chi connectivity index (χ3v) is 5.66. The Morgan fingerprint density at radius 1 is 1.37 bits per heavy atom. The zero-order valence-electron chi connectivity index (χ0n) is 15.5. The second-order valence-electron chi connectivity index (χ2n) is 6.96. The van der Waals surface area contributed by atoms with Gasteiger partial charge in [0.05, 0.1) is 11.9 Å². The van der Waals surface area contributed by atoms with Crippen LogP contribution in [-0.2, 0) is 4.74 Å². The van der Waals surface area contributed by atoms with Crippen LogP contribution in [0.15, 0.2) is 30.5 Å². The number of imidazole rings is 1. The lowest BCUT2D eigenvalue weighted by Crippen LogP contribution is -2.22. The molecule has 0 bridgehead atoms. The molecule has 4 rings (SSSR count). The fourth-order valence-electron chi connectivity index (χ4n) is 3.21. The molecule has 8 heteroatoms. The minimum Gasteiger partial charge on any atom is -0.381 e. The highest BCUT2D eigenvalue weighted by molar-refractivity contribution is 7.20. The highest BCUT2D eigenvalue weighted by Crippen LogP contribution is 2.27. The van der Waals surface area contributed by atoms with Crippen molar-refractivity contribution in [3.05, 3.63) is 36.0 Å². The summed E-state index contributed by atoms with van der Waals surface area (Å²) in [4.78, 5) is 19.1. The molecule has 2 aromatic heterocycles. The molecule has 0 saturated carbocycles. The second kappa shape index (κ2) is 7.66. The molecule has 1 aromatic carbocycles. The van der Waals surface area contributed by atoms with Crippen LogP contribution in [0.5, 0.6) is 0 Å². The van der Waals surface area contributed by atoms with Crippen molar-refractivity contribution >= 4 is 27.3 Å². The Bertz CT molecular complexity index is 943. The normalized spacial score (nSPS) is 15.2. The number of carbonyl (C=O) groups excluding carboxylic acids is 1. The van der Waals surface area contributed by atoms with E-state index in [1.165, 1.54) is 11.3 Å². The lowest BCUT2D eigenvalue weighted by molar-refractivity contribution is 0.0699. The number of nitrogens with zero attached hydrogens (tertiary/aromatic N) is 4. The molecule has 27 heavy (non-hydrogen) atoms. The molecule has 7 nitrogen and oxygen atoms in total. The number of aromatic nitrogens is 3. The van der Waals surface area contributed by atoms with Gasteiger partial charge in [-0.15, -0.1) is 5.10 Å². The van der Waals surface area contributed by atoms with Gasteiger partial charge < -0.3 is 15.0 Å². The zero-order chi connectivity index (χ0) is 18.8. The summed E-state index contributed by atoms with van der Waals surface area (Å²) >= 11 is 1.54. The van der Waals surface area contributed by atoms with E-state index < -0.39 is 0 Å². The van der Waals surface area contributed by atoms with Gasteiger partial charge >= 0.3 is 0 Å². The summed E-state index contributed by atoms with van der Waals surface area (Å²) in [5, 5.41) is 8.99. The molecule has 3 aromatic rings. The number of fused-ring (bicyclic) bond motifs is 1. The molecule has 1 aliphatic heterocycles. The standard InChI is InChI=1S/C19H23N5O2S/c1-23(2)17(25)15-5-3-4-14(10-15)16-12-21-19-24(16)22-18(27-19)20-11-13-6-8-26-9-7-13/h3-5,10,12-13H,6-9,11H2,1-2H3,(H,20,22). The van der Waals surface area contributed by atoms with Gasteiger partial charge in [0.15, 0.2) is 0 Å². The smallest absolute Gasteiger partial charge is 0.253 e. The number of hydrogen-bond donors (Lipinski definition) is 1. The van der Waals surface area contributed by atoms with E-state index in [-0.39, 0.29) is 5.91 Å². The summed E-state index contributed by atoms with van der Waals surface area (Å²) in [5.74, 6) is 0.609. The van der Waals surface area contributed by atoms with Crippen LogP contribution in [0.1, 0.15) is 23.2 Å². The molecule has 0 radical (unpaired) electrons. The molecule has 0 unspecified atom stereocenters. The number of rotatable bonds is 5. The molecule has 142 valence electrons. The number of benzene rings is 1. The predicted octanol–water partition coefficient (Wildman–Crippen LogP) is 3.00. The number of ether oxygens (including phenoxy) is 1. The lowest BCUT2D eigenvalue weighted by atomic mass is 10.0. The molecule has 0 aliphatic carbocycles. The van der Waals surface area contributed by atoms with Gasteiger partial charge in [0, 0.05) is 45.0 Å². The minimum atomic E-state index is -0.0188. The third-order valence-electron chi connectivity index (χ3n) is 4.78. The van der Waals surface area contributed by atoms with Crippen molar-refractivity contribution in [2.75, 3.05) is 39.2 Å². The molecule has 1 fully saturated rings. The van der Waals surface area contributed by atoms with Gasteiger partial charge in [0.1, 0.15) is 0 Å². The van der Waals surface area contributed by atoms with Crippen LogP contribution in [0.2, 0.25) is 0 Å². The topological polar surface area (TPSA) is 71.8 Å². The van der Waals surface area contributed by atoms with E-state index in [1.807, 2.05) is 28.8 Å². The molecule has 1 saturated heterocycles. The van der Waals surface area contributed by atoms with Crippen molar-refractivity contribution in [2.45, 2.75) is 12.8 Å². The van der Waals surface area contributed by atoms with Crippen molar-refractivity contribution in [3.8, 4) is 11.3 Å². The van der Waals surface area contributed by atoms with Crippen molar-refractivity contribution < 1.29 is 9.53 Å². The molecule has 0 atom stereocenters. The van der Waals surface area contributed by atoms with Gasteiger partial charge in [-0.05, 0) is 30.9 Å². The van der Waals surface area contributed by atoms with E-state index in [9.17, 15) is 4.79 Å². The monoisotopic (exact) mass is 385 g/mol. The first-order chi connectivity index (χ1) is 13.1. The number of hydrogen-bond acceptors (Lipinski definition) is 6. The minimum absolute atomic E-state index is 0.0188. The highest BCUT2D eigenvalue weighted by atomic mass is 32.1. The number of carbonyl (C=O) groups is 1. The average Bonchev–Trinajstić information content (AvgIpc) is 3.27. The van der Waals surface area contributed by atoms with Crippen LogP contribution >= 0.6 is 11.3 Å². The van der Waals surface area contributed by atoms with E-state index in [0.717, 1.165) is 53.9 Å². The Hall–Kier alpha value is -2.45. The quantitative estimate of drug-likeness (QED) is 0.731. The third kappa shape index (κ3) is 3.81. The van der Waals surface area contributed by atoms with Gasteiger partial charge in [-0.2, -0.15) is 0 Å². The van der Waals surface area contributed by atoms with Gasteiger partial charge in [-0.3, -0.25) is 4.79 Å². The summed E-state index contributed by atoms with van der Waals surface area (Å²) in [6.45, 7) is 2.60. The molecular weight excluding hydrogens is 362 g/mol. The van der Waals surface area contributed by atoms with Gasteiger partial charge in [-0.1, -0.05) is 23.5 Å². The summed E-state index contributed by atoms with van der Waals surface area (Å²) < 4.78 is 7.25. The van der Waals surface area contributed by atoms with Crippen LogP contribution < -0.4 is 5.32 Å². The first kappa shape index (κ1) is 17.9. The van der Waals surface area contributed by atoms with E-state index in [2.05, 4.69) is 15.4 Å². The van der Waals surface area contributed by atoms with Crippen molar-refractivity contribution in [3.63, 3.8) is 0 Å². The first-order valence-corrected chi connectivity index (χ1v) is 9.92. The summed E-state index contributed by atoms with van der Waals surface area (Å²) in [5.41, 5.74) is 2.46. The van der Waals surface area contributed by atoms with Crippen molar-refractivity contribution in [2.24, 2.45) is 5.92 Å². The maximum absolute atomic E-state index is 12.2. The Morgan fingerprint density at radius 2 is 2.19 bits per heavy atom. The maximum Gasteiger partial charge on any atom is 0.253 e. The highest BCUT2D eigenvalue weighted by Gasteiger charge is 2.16. The molecular formula is C19H23N5O2S. The predicted molar refractivity (Wildman–Crippen MR) is 106 cm³/mol. The van der Waals surface area contributed by atoms with E-state index in [4.69, 9.17) is 4.74 Å². The summed E-state index contributed by atoms with van der Waals surface area (Å²) in [6.07, 6.45) is 3.99. The SMILES string of the molecule is CN(C)C(=O)c1cccc(-c2cnc3sc(NCC4CCOCC4)nn23)c1. The number of nitrogens with one attached hydrogen (secondary N) is 1. The van der Waals surface area contributed by atoms with Gasteiger partial charge in [0.25, 0.3) is 5.91 Å². The van der Waals surface area contributed by atoms with Crippen LogP contribution in [0.4, 0.5) is 5.13 Å². The fourth-order valence-corrected chi connectivity index (χ4v) is 3.99.